The van der Waals surface area contributed by atoms with Crippen LogP contribution in [-0.2, 0) is 0 Å². The van der Waals surface area contributed by atoms with E-state index in [0.29, 0.717) is 13.2 Å². The molecule has 0 heterocycles. The summed E-state index contributed by atoms with van der Waals surface area (Å²) >= 11 is 6.20. The molecule has 19 heavy (non-hydrogen) atoms. The van der Waals surface area contributed by atoms with Crippen LogP contribution in [0.5, 0.6) is 5.75 Å². The number of aliphatic hydroxyl groups is 1. The quantitative estimate of drug-likeness (QED) is 0.809. The number of aliphatic hydroxyl groups excluding tert-OH is 1. The Bertz CT molecular complexity index is 405. The molecule has 3 N–H and O–H groups in total. The van der Waals surface area contributed by atoms with Gasteiger partial charge in [-0.1, -0.05) is 18.5 Å². The number of hydrogen-bond donors (Lipinski definition) is 2. The van der Waals surface area contributed by atoms with E-state index in [-0.39, 0.29) is 18.4 Å². The number of nitrogens with two attached hydrogens (primary N) is 1. The van der Waals surface area contributed by atoms with E-state index in [4.69, 9.17) is 22.1 Å². The molecule has 1 rings (SSSR count). The molecule has 0 aliphatic carbocycles. The minimum absolute atomic E-state index is 0.115. The minimum atomic E-state index is 0.115. The van der Waals surface area contributed by atoms with Gasteiger partial charge in [0.15, 0.2) is 0 Å². The van der Waals surface area contributed by atoms with E-state index in [1.165, 1.54) is 0 Å². The van der Waals surface area contributed by atoms with Gasteiger partial charge in [-0.05, 0) is 61.9 Å². The molecule has 0 amide bonds. The summed E-state index contributed by atoms with van der Waals surface area (Å²) < 4.78 is 5.69. The normalized spacial score (nSPS) is 14.2. The summed E-state index contributed by atoms with van der Waals surface area (Å²) in [7, 11) is 0. The van der Waals surface area contributed by atoms with E-state index in [9.17, 15) is 5.11 Å². The van der Waals surface area contributed by atoms with Gasteiger partial charge in [-0.25, -0.2) is 0 Å². The van der Waals surface area contributed by atoms with E-state index in [1.54, 1.807) is 0 Å². The third-order valence-corrected chi connectivity index (χ3v) is 3.81. The van der Waals surface area contributed by atoms with Gasteiger partial charge in [0, 0.05) is 11.6 Å². The van der Waals surface area contributed by atoms with E-state index < -0.39 is 0 Å². The Morgan fingerprint density at radius 1 is 1.42 bits per heavy atom. The molecule has 108 valence electrons. The van der Waals surface area contributed by atoms with Crippen LogP contribution in [0, 0.1) is 12.8 Å². The lowest BCUT2D eigenvalue weighted by Crippen LogP contribution is -2.20. The van der Waals surface area contributed by atoms with Gasteiger partial charge in [0.25, 0.3) is 0 Å². The van der Waals surface area contributed by atoms with E-state index in [1.807, 2.05) is 26.0 Å². The molecule has 4 heteroatoms. The van der Waals surface area contributed by atoms with Gasteiger partial charge in [0.05, 0.1) is 6.61 Å². The third-order valence-electron chi connectivity index (χ3n) is 3.40. The molecule has 1 aromatic carbocycles. The molecular weight excluding hydrogens is 262 g/mol. The summed E-state index contributed by atoms with van der Waals surface area (Å²) in [5.41, 5.74) is 7.74. The van der Waals surface area contributed by atoms with Crippen molar-refractivity contribution in [2.75, 3.05) is 19.8 Å². The number of aryl methyl sites for hydroxylation is 1. The fraction of sp³-hybridized carbons (Fsp3) is 0.600. The van der Waals surface area contributed by atoms with Crippen molar-refractivity contribution in [2.24, 2.45) is 11.7 Å². The van der Waals surface area contributed by atoms with Gasteiger partial charge in [-0.3, -0.25) is 0 Å². The summed E-state index contributed by atoms with van der Waals surface area (Å²) in [6.07, 6.45) is 0.826. The zero-order chi connectivity index (χ0) is 14.4. The lowest BCUT2D eigenvalue weighted by Gasteiger charge is -2.21. The molecule has 0 saturated heterocycles. The molecule has 2 unspecified atom stereocenters. The van der Waals surface area contributed by atoms with Crippen LogP contribution in [0.3, 0.4) is 0 Å². The van der Waals surface area contributed by atoms with Crippen LogP contribution in [0.15, 0.2) is 12.1 Å². The van der Waals surface area contributed by atoms with Gasteiger partial charge < -0.3 is 15.6 Å². The SMILES string of the molecule is CCOc1cc(C)c(Cl)cc1C(C)CC(CN)CO. The molecule has 0 saturated carbocycles. The predicted molar refractivity (Wildman–Crippen MR) is 80.0 cm³/mol. The smallest absolute Gasteiger partial charge is 0.123 e. The second-order valence-corrected chi connectivity index (χ2v) is 5.40. The summed E-state index contributed by atoms with van der Waals surface area (Å²) in [6, 6.07) is 3.95. The van der Waals surface area contributed by atoms with Crippen molar-refractivity contribution in [1.29, 1.82) is 0 Å². The van der Waals surface area contributed by atoms with Crippen molar-refractivity contribution in [3.8, 4) is 5.75 Å². The maximum absolute atomic E-state index is 9.26. The average molecular weight is 286 g/mol. The Labute approximate surface area is 120 Å². The van der Waals surface area contributed by atoms with Crippen LogP contribution in [-0.4, -0.2) is 24.9 Å². The topological polar surface area (TPSA) is 55.5 Å². The van der Waals surface area contributed by atoms with E-state index in [2.05, 4.69) is 6.92 Å². The zero-order valence-electron chi connectivity index (χ0n) is 11.9. The van der Waals surface area contributed by atoms with Crippen LogP contribution in [0.2, 0.25) is 5.02 Å². The van der Waals surface area contributed by atoms with Crippen molar-refractivity contribution in [3.05, 3.63) is 28.3 Å². The maximum atomic E-state index is 9.26. The number of halogens is 1. The Morgan fingerprint density at radius 2 is 2.11 bits per heavy atom. The molecule has 0 fully saturated rings. The van der Waals surface area contributed by atoms with Crippen molar-refractivity contribution < 1.29 is 9.84 Å². The number of benzene rings is 1. The van der Waals surface area contributed by atoms with Crippen LogP contribution in [0.4, 0.5) is 0 Å². The molecule has 0 aromatic heterocycles. The van der Waals surface area contributed by atoms with Crippen molar-refractivity contribution in [2.45, 2.75) is 33.1 Å². The van der Waals surface area contributed by atoms with Gasteiger partial charge >= 0.3 is 0 Å². The predicted octanol–water partition coefficient (Wildman–Crippen LogP) is 3.11. The second kappa shape index (κ2) is 7.73. The molecule has 2 atom stereocenters. The monoisotopic (exact) mass is 285 g/mol. The maximum Gasteiger partial charge on any atom is 0.123 e. The molecule has 0 spiro atoms. The minimum Gasteiger partial charge on any atom is -0.494 e. The number of ether oxygens (including phenoxy) is 1. The van der Waals surface area contributed by atoms with Gasteiger partial charge in [0.2, 0.25) is 0 Å². The first-order valence-electron chi connectivity index (χ1n) is 6.77. The molecular formula is C15H24ClNO2. The standard InChI is InChI=1S/C15H24ClNO2/c1-4-19-15-6-11(3)14(16)7-13(15)10(2)5-12(8-17)9-18/h6-7,10,12,18H,4-5,8-9,17H2,1-3H3. The lowest BCUT2D eigenvalue weighted by atomic mass is 9.89. The van der Waals surface area contributed by atoms with Gasteiger partial charge in [-0.15, -0.1) is 0 Å². The Morgan fingerprint density at radius 3 is 2.63 bits per heavy atom. The fourth-order valence-corrected chi connectivity index (χ4v) is 2.38. The summed E-state index contributed by atoms with van der Waals surface area (Å²) in [5, 5.41) is 10.0. The van der Waals surface area contributed by atoms with Gasteiger partial charge in [-0.2, -0.15) is 0 Å². The van der Waals surface area contributed by atoms with Crippen LogP contribution >= 0.6 is 11.6 Å². The summed E-state index contributed by atoms with van der Waals surface area (Å²) in [4.78, 5) is 0. The van der Waals surface area contributed by atoms with Crippen LogP contribution in [0.25, 0.3) is 0 Å². The lowest BCUT2D eigenvalue weighted by molar-refractivity contribution is 0.216. The highest BCUT2D eigenvalue weighted by molar-refractivity contribution is 6.31. The van der Waals surface area contributed by atoms with E-state index >= 15 is 0 Å². The fourth-order valence-electron chi connectivity index (χ4n) is 2.21. The molecule has 0 bridgehead atoms. The molecule has 0 radical (unpaired) electrons. The van der Waals surface area contributed by atoms with Crippen LogP contribution in [0.1, 0.15) is 37.3 Å². The highest BCUT2D eigenvalue weighted by Crippen LogP contribution is 2.35. The first-order valence-corrected chi connectivity index (χ1v) is 7.15. The van der Waals surface area contributed by atoms with E-state index in [0.717, 1.165) is 28.3 Å². The number of hydrogen-bond acceptors (Lipinski definition) is 3. The second-order valence-electron chi connectivity index (χ2n) is 4.99. The largest absolute Gasteiger partial charge is 0.494 e. The Hall–Kier alpha value is -0.770. The van der Waals surface area contributed by atoms with Crippen molar-refractivity contribution in [1.82, 2.24) is 0 Å². The molecule has 0 aliphatic heterocycles. The first kappa shape index (κ1) is 16.3. The van der Waals surface area contributed by atoms with Crippen molar-refractivity contribution >= 4 is 11.6 Å². The third kappa shape index (κ3) is 4.37. The highest BCUT2D eigenvalue weighted by Gasteiger charge is 2.18. The molecule has 3 nitrogen and oxygen atoms in total. The summed E-state index contributed by atoms with van der Waals surface area (Å²) in [5.74, 6) is 1.25. The average Bonchev–Trinajstić information content (AvgIpc) is 2.39. The van der Waals surface area contributed by atoms with Crippen molar-refractivity contribution in [3.63, 3.8) is 0 Å². The number of rotatable bonds is 7. The Kier molecular flexibility index (Phi) is 6.63. The highest BCUT2D eigenvalue weighted by atomic mass is 35.5. The van der Waals surface area contributed by atoms with Gasteiger partial charge in [0.1, 0.15) is 5.75 Å². The molecule has 1 aromatic rings. The van der Waals surface area contributed by atoms with Crippen LogP contribution < -0.4 is 10.5 Å². The molecule has 0 aliphatic rings. The first-order chi connectivity index (χ1) is 9.03. The Balaban J connectivity index is 2.99. The zero-order valence-corrected chi connectivity index (χ0v) is 12.7. The summed E-state index contributed by atoms with van der Waals surface area (Å²) in [6.45, 7) is 7.28.